The molecule has 2 rings (SSSR count). The third kappa shape index (κ3) is 3.16. The summed E-state index contributed by atoms with van der Waals surface area (Å²) >= 11 is 0. The molecule has 1 fully saturated rings. The molecule has 1 unspecified atom stereocenters. The minimum absolute atomic E-state index is 0.0490. The highest BCUT2D eigenvalue weighted by Crippen LogP contribution is 2.21. The highest BCUT2D eigenvalue weighted by molar-refractivity contribution is 5.67. The van der Waals surface area contributed by atoms with E-state index in [-0.39, 0.29) is 13.2 Å². The second kappa shape index (κ2) is 5.30. The van der Waals surface area contributed by atoms with E-state index in [4.69, 9.17) is 4.74 Å². The number of amides is 1. The number of alkyl halides is 2. The molecular formula is C12H14F2N2O2. The molecule has 1 amide bonds. The topological polar surface area (TPSA) is 50.4 Å². The molecule has 0 radical (unpaired) electrons. The van der Waals surface area contributed by atoms with Gasteiger partial charge in [-0.1, -0.05) is 30.3 Å². The maximum absolute atomic E-state index is 13.2. The number of nitrogens with one attached hydrogen (secondary N) is 2. The first kappa shape index (κ1) is 12.8. The lowest BCUT2D eigenvalue weighted by atomic mass is 10.2. The molecule has 0 spiro atoms. The molecule has 0 aromatic heterocycles. The number of hydrogen-bond donors (Lipinski definition) is 2. The van der Waals surface area contributed by atoms with Gasteiger partial charge in [0.1, 0.15) is 12.6 Å². The second-order valence-electron chi connectivity index (χ2n) is 4.15. The van der Waals surface area contributed by atoms with Crippen LogP contribution in [0, 0.1) is 0 Å². The monoisotopic (exact) mass is 256 g/mol. The van der Waals surface area contributed by atoms with Crippen molar-refractivity contribution in [1.82, 2.24) is 10.6 Å². The summed E-state index contributed by atoms with van der Waals surface area (Å²) in [6.07, 6.45) is -0.827. The van der Waals surface area contributed by atoms with Crippen LogP contribution in [0.15, 0.2) is 30.3 Å². The molecule has 1 aromatic carbocycles. The SMILES string of the molecule is O=C(NC1CNCC1(F)F)OCc1ccccc1. The predicted octanol–water partition coefficient (Wildman–Crippen LogP) is 1.52. The smallest absolute Gasteiger partial charge is 0.407 e. The zero-order chi connectivity index (χ0) is 13.0. The average molecular weight is 256 g/mol. The van der Waals surface area contributed by atoms with Crippen LogP contribution >= 0.6 is 0 Å². The van der Waals surface area contributed by atoms with E-state index in [1.807, 2.05) is 18.2 Å². The molecule has 0 aliphatic carbocycles. The van der Waals surface area contributed by atoms with Crippen LogP contribution in [0.4, 0.5) is 13.6 Å². The van der Waals surface area contributed by atoms with E-state index >= 15 is 0 Å². The minimum Gasteiger partial charge on any atom is -0.445 e. The number of ether oxygens (including phenoxy) is 1. The summed E-state index contributed by atoms with van der Waals surface area (Å²) < 4.78 is 31.3. The summed E-state index contributed by atoms with van der Waals surface area (Å²) in [5, 5.41) is 4.69. The molecule has 6 heteroatoms. The second-order valence-corrected chi connectivity index (χ2v) is 4.15. The molecule has 1 heterocycles. The number of rotatable bonds is 3. The van der Waals surface area contributed by atoms with Gasteiger partial charge >= 0.3 is 6.09 Å². The molecule has 1 atom stereocenters. The summed E-state index contributed by atoms with van der Waals surface area (Å²) in [5.74, 6) is -2.92. The standard InChI is InChI=1S/C12H14F2N2O2/c13-12(14)8-15-6-10(12)16-11(17)18-7-9-4-2-1-3-5-9/h1-5,10,15H,6-8H2,(H,16,17). The van der Waals surface area contributed by atoms with Gasteiger partial charge in [-0.25, -0.2) is 13.6 Å². The molecule has 1 aliphatic rings. The first-order valence-corrected chi connectivity index (χ1v) is 5.64. The molecule has 98 valence electrons. The Bertz CT molecular complexity index is 412. The zero-order valence-corrected chi connectivity index (χ0v) is 9.66. The Labute approximate surface area is 103 Å². The molecule has 0 saturated carbocycles. The Kier molecular flexibility index (Phi) is 3.76. The van der Waals surface area contributed by atoms with Gasteiger partial charge in [-0.3, -0.25) is 0 Å². The zero-order valence-electron chi connectivity index (χ0n) is 9.66. The lowest BCUT2D eigenvalue weighted by Crippen LogP contribution is -2.46. The molecule has 4 nitrogen and oxygen atoms in total. The highest BCUT2D eigenvalue weighted by Gasteiger charge is 2.45. The van der Waals surface area contributed by atoms with E-state index in [1.165, 1.54) is 0 Å². The number of halogens is 2. The van der Waals surface area contributed by atoms with Crippen molar-refractivity contribution >= 4 is 6.09 Å². The lowest BCUT2D eigenvalue weighted by molar-refractivity contribution is -0.00412. The third-order valence-electron chi connectivity index (χ3n) is 2.72. The van der Waals surface area contributed by atoms with Crippen molar-refractivity contribution in [2.75, 3.05) is 13.1 Å². The third-order valence-corrected chi connectivity index (χ3v) is 2.72. The van der Waals surface area contributed by atoms with Gasteiger partial charge in [0, 0.05) is 6.54 Å². The molecular weight excluding hydrogens is 242 g/mol. The van der Waals surface area contributed by atoms with Gasteiger partial charge in [0.15, 0.2) is 0 Å². The van der Waals surface area contributed by atoms with Crippen molar-refractivity contribution in [3.63, 3.8) is 0 Å². The van der Waals surface area contributed by atoms with Crippen LogP contribution in [0.2, 0.25) is 0 Å². The van der Waals surface area contributed by atoms with Crippen molar-refractivity contribution in [2.24, 2.45) is 0 Å². The van der Waals surface area contributed by atoms with E-state index in [2.05, 4.69) is 10.6 Å². The van der Waals surface area contributed by atoms with E-state index in [1.54, 1.807) is 12.1 Å². The van der Waals surface area contributed by atoms with E-state index in [0.29, 0.717) is 0 Å². The van der Waals surface area contributed by atoms with Crippen LogP contribution in [-0.4, -0.2) is 31.1 Å². The van der Waals surface area contributed by atoms with Crippen molar-refractivity contribution in [2.45, 2.75) is 18.6 Å². The summed E-state index contributed by atoms with van der Waals surface area (Å²) in [6, 6.07) is 7.84. The maximum atomic E-state index is 13.2. The van der Waals surface area contributed by atoms with Crippen molar-refractivity contribution < 1.29 is 18.3 Å². The molecule has 1 aromatic rings. The Hall–Kier alpha value is -1.69. The first-order chi connectivity index (χ1) is 8.58. The van der Waals surface area contributed by atoms with Crippen LogP contribution in [0.5, 0.6) is 0 Å². The number of carbonyl (C=O) groups excluding carboxylic acids is 1. The lowest BCUT2D eigenvalue weighted by Gasteiger charge is -2.18. The van der Waals surface area contributed by atoms with Gasteiger partial charge in [0.25, 0.3) is 5.92 Å². The minimum atomic E-state index is -2.92. The quantitative estimate of drug-likeness (QED) is 0.862. The van der Waals surface area contributed by atoms with Crippen LogP contribution < -0.4 is 10.6 Å². The number of carbonyl (C=O) groups is 1. The highest BCUT2D eigenvalue weighted by atomic mass is 19.3. The molecule has 0 bridgehead atoms. The van der Waals surface area contributed by atoms with E-state index in [9.17, 15) is 13.6 Å². The fourth-order valence-electron chi connectivity index (χ4n) is 1.72. The Morgan fingerprint density at radius 3 is 2.78 bits per heavy atom. The van der Waals surface area contributed by atoms with Gasteiger partial charge in [0.2, 0.25) is 0 Å². The van der Waals surface area contributed by atoms with Gasteiger partial charge in [0.05, 0.1) is 6.54 Å². The number of benzene rings is 1. The summed E-state index contributed by atoms with van der Waals surface area (Å²) in [6.45, 7) is -0.303. The van der Waals surface area contributed by atoms with E-state index in [0.717, 1.165) is 5.56 Å². The van der Waals surface area contributed by atoms with Crippen LogP contribution in [0.3, 0.4) is 0 Å². The molecule has 1 aliphatic heterocycles. The maximum Gasteiger partial charge on any atom is 0.407 e. The Morgan fingerprint density at radius 1 is 1.44 bits per heavy atom. The van der Waals surface area contributed by atoms with Gasteiger partial charge in [-0.05, 0) is 5.56 Å². The normalized spacial score (nSPS) is 21.6. The van der Waals surface area contributed by atoms with Crippen LogP contribution in [-0.2, 0) is 11.3 Å². The Morgan fingerprint density at radius 2 is 2.17 bits per heavy atom. The van der Waals surface area contributed by atoms with Crippen molar-refractivity contribution in [3.05, 3.63) is 35.9 Å². The van der Waals surface area contributed by atoms with Crippen molar-refractivity contribution in [3.8, 4) is 0 Å². The first-order valence-electron chi connectivity index (χ1n) is 5.64. The molecule has 1 saturated heterocycles. The van der Waals surface area contributed by atoms with E-state index < -0.39 is 24.6 Å². The summed E-state index contributed by atoms with van der Waals surface area (Å²) in [4.78, 5) is 11.4. The van der Waals surface area contributed by atoms with Crippen LogP contribution in [0.1, 0.15) is 5.56 Å². The fraction of sp³-hybridized carbons (Fsp3) is 0.417. The van der Waals surface area contributed by atoms with Crippen LogP contribution in [0.25, 0.3) is 0 Å². The average Bonchev–Trinajstić information content (AvgIpc) is 2.68. The molecule has 2 N–H and O–H groups in total. The van der Waals surface area contributed by atoms with Gasteiger partial charge in [-0.2, -0.15) is 0 Å². The number of hydrogen-bond acceptors (Lipinski definition) is 3. The van der Waals surface area contributed by atoms with Gasteiger partial charge < -0.3 is 15.4 Å². The summed E-state index contributed by atoms with van der Waals surface area (Å²) in [5.41, 5.74) is 0.809. The predicted molar refractivity (Wildman–Crippen MR) is 61.4 cm³/mol. The number of alkyl carbamates (subject to hydrolysis) is 1. The Balaban J connectivity index is 1.79. The van der Waals surface area contributed by atoms with Gasteiger partial charge in [-0.15, -0.1) is 0 Å². The molecule has 18 heavy (non-hydrogen) atoms. The summed E-state index contributed by atoms with van der Waals surface area (Å²) in [7, 11) is 0. The largest absolute Gasteiger partial charge is 0.445 e. The fourth-order valence-corrected chi connectivity index (χ4v) is 1.72. The van der Waals surface area contributed by atoms with Crippen molar-refractivity contribution in [1.29, 1.82) is 0 Å².